The number of likely N-dealkylation sites (N-methyl/N-ethyl adjacent to an activating group) is 1. The van der Waals surface area contributed by atoms with Crippen LogP contribution >= 0.6 is 0 Å². The SMILES string of the molecule is CN(C)[C@H]1C(=O)C(C(N)=O)=C(O)[C@]2(O)C(=O)C3=C(O)c4c(ccc(C5CCCCC5)c4O)C[C@@H]3C[C@H]12. The number of nitrogens with zero attached hydrogens (tertiary/aromatic N) is 1. The van der Waals surface area contributed by atoms with Gasteiger partial charge in [0.2, 0.25) is 5.78 Å². The van der Waals surface area contributed by atoms with Crippen molar-refractivity contribution in [1.29, 1.82) is 0 Å². The molecule has 2 saturated carbocycles. The largest absolute Gasteiger partial charge is 0.508 e. The van der Waals surface area contributed by atoms with Gasteiger partial charge in [-0.1, -0.05) is 31.4 Å². The summed E-state index contributed by atoms with van der Waals surface area (Å²) >= 11 is 0. The Kier molecular flexibility index (Phi) is 5.76. The van der Waals surface area contributed by atoms with Gasteiger partial charge < -0.3 is 26.2 Å². The maximum atomic E-state index is 13.9. The molecule has 0 aliphatic heterocycles. The molecule has 0 aromatic heterocycles. The smallest absolute Gasteiger partial charge is 0.255 e. The van der Waals surface area contributed by atoms with Gasteiger partial charge in [0.25, 0.3) is 5.91 Å². The van der Waals surface area contributed by atoms with Crippen LogP contribution in [0.25, 0.3) is 5.76 Å². The number of rotatable bonds is 3. The number of phenolic OH excluding ortho intramolecular Hbond substituents is 1. The lowest BCUT2D eigenvalue weighted by Crippen LogP contribution is -2.65. The van der Waals surface area contributed by atoms with Crippen LogP contribution in [0.2, 0.25) is 0 Å². The van der Waals surface area contributed by atoms with Crippen molar-refractivity contribution in [2.24, 2.45) is 17.6 Å². The Balaban J connectivity index is 1.67. The highest BCUT2D eigenvalue weighted by molar-refractivity contribution is 6.24. The number of carbonyl (C=O) groups is 3. The minimum Gasteiger partial charge on any atom is -0.508 e. The van der Waals surface area contributed by atoms with E-state index in [4.69, 9.17) is 5.73 Å². The molecule has 192 valence electrons. The summed E-state index contributed by atoms with van der Waals surface area (Å²) in [5.74, 6) is -5.99. The Morgan fingerprint density at radius 1 is 1.06 bits per heavy atom. The van der Waals surface area contributed by atoms with Gasteiger partial charge in [0.05, 0.1) is 11.6 Å². The topological polar surface area (TPSA) is 161 Å². The number of phenols is 1. The maximum Gasteiger partial charge on any atom is 0.255 e. The molecule has 1 amide bonds. The number of benzene rings is 1. The second kappa shape index (κ2) is 8.45. The van der Waals surface area contributed by atoms with Crippen LogP contribution in [0.5, 0.6) is 5.75 Å². The van der Waals surface area contributed by atoms with Gasteiger partial charge in [-0.25, -0.2) is 0 Å². The third kappa shape index (κ3) is 3.25. The Morgan fingerprint density at radius 3 is 2.33 bits per heavy atom. The molecule has 36 heavy (non-hydrogen) atoms. The van der Waals surface area contributed by atoms with Crippen molar-refractivity contribution < 1.29 is 34.8 Å². The van der Waals surface area contributed by atoms with E-state index >= 15 is 0 Å². The number of carbonyl (C=O) groups excluding carboxylic acids is 3. The molecular weight excluding hydrogens is 464 g/mol. The molecule has 2 fully saturated rings. The van der Waals surface area contributed by atoms with Gasteiger partial charge in [0.15, 0.2) is 11.4 Å². The summed E-state index contributed by atoms with van der Waals surface area (Å²) in [5, 5.41) is 45.1. The van der Waals surface area contributed by atoms with Crippen LogP contribution in [-0.2, 0) is 20.8 Å². The quantitative estimate of drug-likeness (QED) is 0.397. The number of hydrogen-bond acceptors (Lipinski definition) is 8. The summed E-state index contributed by atoms with van der Waals surface area (Å²) in [6, 6.07) is 2.68. The van der Waals surface area contributed by atoms with E-state index in [-0.39, 0.29) is 29.2 Å². The molecule has 1 aromatic rings. The first kappa shape index (κ1) is 24.5. The van der Waals surface area contributed by atoms with E-state index in [1.165, 1.54) is 4.90 Å². The normalized spacial score (nSPS) is 30.8. The number of aliphatic hydroxyl groups is 3. The third-order valence-corrected chi connectivity index (χ3v) is 8.67. The first-order valence-corrected chi connectivity index (χ1v) is 12.5. The molecule has 0 spiro atoms. The molecule has 0 saturated heterocycles. The Bertz CT molecular complexity index is 1240. The van der Waals surface area contributed by atoms with Gasteiger partial charge in [-0.3, -0.25) is 19.3 Å². The number of ketones is 2. The zero-order valence-electron chi connectivity index (χ0n) is 20.5. The first-order valence-electron chi connectivity index (χ1n) is 12.5. The number of aromatic hydroxyl groups is 1. The molecule has 0 heterocycles. The zero-order chi connectivity index (χ0) is 26.1. The highest BCUT2D eigenvalue weighted by Crippen LogP contribution is 2.53. The number of Topliss-reactive ketones (excluding diaryl/α,β-unsaturated/α-hetero) is 2. The van der Waals surface area contributed by atoms with Gasteiger partial charge >= 0.3 is 0 Å². The molecule has 9 heteroatoms. The Labute approximate surface area is 208 Å². The van der Waals surface area contributed by atoms with Crippen molar-refractivity contribution in [3.8, 4) is 5.75 Å². The second-order valence-corrected chi connectivity index (χ2v) is 10.8. The maximum absolute atomic E-state index is 13.9. The van der Waals surface area contributed by atoms with E-state index in [1.807, 2.05) is 12.1 Å². The van der Waals surface area contributed by atoms with E-state index in [2.05, 4.69) is 0 Å². The van der Waals surface area contributed by atoms with Crippen LogP contribution < -0.4 is 5.73 Å². The summed E-state index contributed by atoms with van der Waals surface area (Å²) in [5.41, 5.74) is 3.41. The van der Waals surface area contributed by atoms with Crippen molar-refractivity contribution in [3.05, 3.63) is 45.7 Å². The Morgan fingerprint density at radius 2 is 1.72 bits per heavy atom. The zero-order valence-corrected chi connectivity index (χ0v) is 20.5. The summed E-state index contributed by atoms with van der Waals surface area (Å²) in [4.78, 5) is 40.5. The monoisotopic (exact) mass is 496 g/mol. The van der Waals surface area contributed by atoms with Crippen molar-refractivity contribution in [3.63, 3.8) is 0 Å². The molecule has 9 nitrogen and oxygen atoms in total. The van der Waals surface area contributed by atoms with Crippen LogP contribution in [0.3, 0.4) is 0 Å². The van der Waals surface area contributed by atoms with Gasteiger partial charge in [-0.05, 0) is 62.7 Å². The van der Waals surface area contributed by atoms with Crippen LogP contribution in [-0.4, -0.2) is 68.5 Å². The van der Waals surface area contributed by atoms with Gasteiger partial charge in [-0.2, -0.15) is 0 Å². The van der Waals surface area contributed by atoms with E-state index < -0.39 is 58.0 Å². The Hall–Kier alpha value is -3.17. The predicted octanol–water partition coefficient (Wildman–Crippen LogP) is 2.01. The molecule has 4 aliphatic carbocycles. The van der Waals surface area contributed by atoms with Gasteiger partial charge in [-0.15, -0.1) is 0 Å². The van der Waals surface area contributed by atoms with Crippen LogP contribution in [0.4, 0.5) is 0 Å². The van der Waals surface area contributed by atoms with Crippen molar-refractivity contribution in [1.82, 2.24) is 4.90 Å². The highest BCUT2D eigenvalue weighted by atomic mass is 16.3. The molecule has 1 aromatic carbocycles. The molecular formula is C27H32N2O7. The van der Waals surface area contributed by atoms with Crippen molar-refractivity contribution in [2.75, 3.05) is 14.1 Å². The van der Waals surface area contributed by atoms with Crippen molar-refractivity contribution in [2.45, 2.75) is 62.5 Å². The summed E-state index contributed by atoms with van der Waals surface area (Å²) < 4.78 is 0. The minimum atomic E-state index is -2.61. The van der Waals surface area contributed by atoms with Crippen molar-refractivity contribution >= 4 is 23.2 Å². The first-order chi connectivity index (χ1) is 17.0. The standard InChI is InChI=1S/C27H32N2O7/c1-29(2)20-16-11-14-10-13-8-9-15(12-6-4-3-5-7-12)21(30)17(13)22(31)18(14)24(33)27(16,36)25(34)19(23(20)32)26(28)35/h8-9,12,14,16,20,30-31,34,36H,3-7,10-11H2,1-2H3,(H2,28,35)/t14-,16-,20-,27-/m1/s1. The molecule has 0 radical (unpaired) electrons. The minimum absolute atomic E-state index is 0.0626. The summed E-state index contributed by atoms with van der Waals surface area (Å²) in [6.07, 6.45) is 5.53. The number of aliphatic hydroxyl groups excluding tert-OH is 2. The molecule has 4 aliphatic rings. The summed E-state index contributed by atoms with van der Waals surface area (Å²) in [6.45, 7) is 0. The number of primary amides is 1. The number of hydrogen-bond donors (Lipinski definition) is 5. The van der Waals surface area contributed by atoms with Crippen LogP contribution in [0.15, 0.2) is 29.0 Å². The molecule has 0 unspecified atom stereocenters. The number of fused-ring (bicyclic) bond motifs is 3. The molecule has 4 atom stereocenters. The fourth-order valence-electron chi connectivity index (χ4n) is 6.98. The van der Waals surface area contributed by atoms with Gasteiger partial charge in [0.1, 0.15) is 22.8 Å². The van der Waals surface area contributed by atoms with E-state index in [9.17, 15) is 34.8 Å². The lowest BCUT2D eigenvalue weighted by atomic mass is 9.57. The van der Waals surface area contributed by atoms with Gasteiger partial charge in [0, 0.05) is 11.5 Å². The molecule has 5 rings (SSSR count). The average Bonchev–Trinajstić information content (AvgIpc) is 2.81. The average molecular weight is 497 g/mol. The van der Waals surface area contributed by atoms with E-state index in [0.29, 0.717) is 12.0 Å². The fourth-order valence-corrected chi connectivity index (χ4v) is 6.98. The van der Waals surface area contributed by atoms with Crippen LogP contribution in [0.1, 0.15) is 61.1 Å². The predicted molar refractivity (Wildman–Crippen MR) is 130 cm³/mol. The third-order valence-electron chi connectivity index (χ3n) is 8.67. The van der Waals surface area contributed by atoms with E-state index in [1.54, 1.807) is 14.1 Å². The number of nitrogens with two attached hydrogens (primary N) is 1. The lowest BCUT2D eigenvalue weighted by Gasteiger charge is -2.50. The fraction of sp³-hybridized carbons (Fsp3) is 0.519. The highest BCUT2D eigenvalue weighted by Gasteiger charge is 2.64. The second-order valence-electron chi connectivity index (χ2n) is 10.8. The van der Waals surface area contributed by atoms with E-state index in [0.717, 1.165) is 37.7 Å². The summed E-state index contributed by atoms with van der Waals surface area (Å²) in [7, 11) is 3.16. The molecule has 0 bridgehead atoms. The lowest BCUT2D eigenvalue weighted by molar-refractivity contribution is -0.153. The number of amides is 1. The van der Waals surface area contributed by atoms with Crippen LogP contribution in [0, 0.1) is 11.8 Å². The molecule has 6 N–H and O–H groups in total.